The molecule has 0 radical (unpaired) electrons. The lowest BCUT2D eigenvalue weighted by Crippen LogP contribution is -2.37. The molecule has 0 aliphatic rings. The van der Waals surface area contributed by atoms with Crippen LogP contribution in [0.3, 0.4) is 0 Å². The van der Waals surface area contributed by atoms with Gasteiger partial charge in [-0.25, -0.2) is 0 Å². The van der Waals surface area contributed by atoms with Crippen molar-refractivity contribution in [3.8, 4) is 5.75 Å². The van der Waals surface area contributed by atoms with Crippen LogP contribution in [0.4, 0.5) is 13.2 Å². The summed E-state index contributed by atoms with van der Waals surface area (Å²) in [7, 11) is 4.69. The summed E-state index contributed by atoms with van der Waals surface area (Å²) in [4.78, 5) is 4.02. The number of benzene rings is 1. The third-order valence-electron chi connectivity index (χ3n) is 3.65. The molecule has 2 N–H and O–H groups in total. The Bertz CT molecular complexity index is 746. The molecule has 0 bridgehead atoms. The van der Waals surface area contributed by atoms with Crippen molar-refractivity contribution in [3.63, 3.8) is 0 Å². The predicted molar refractivity (Wildman–Crippen MR) is 104 cm³/mol. The molecule has 0 amide bonds. The Balaban J connectivity index is 0.00000338. The van der Waals surface area contributed by atoms with Gasteiger partial charge in [0.2, 0.25) is 0 Å². The Morgan fingerprint density at radius 2 is 1.92 bits per heavy atom. The van der Waals surface area contributed by atoms with Gasteiger partial charge in [-0.3, -0.25) is 9.67 Å². The van der Waals surface area contributed by atoms with E-state index < -0.39 is 11.7 Å². The summed E-state index contributed by atoms with van der Waals surface area (Å²) in [5, 5.41) is 9.97. The van der Waals surface area contributed by atoms with Crippen LogP contribution in [-0.2, 0) is 26.3 Å². The fraction of sp³-hybridized carbons (Fsp3) is 0.375. The fourth-order valence-corrected chi connectivity index (χ4v) is 2.25. The first kappa shape index (κ1) is 22.1. The summed E-state index contributed by atoms with van der Waals surface area (Å²) in [5.74, 6) is 0.555. The number of guanidine groups is 1. The van der Waals surface area contributed by atoms with Gasteiger partial charge >= 0.3 is 6.18 Å². The van der Waals surface area contributed by atoms with E-state index in [9.17, 15) is 13.2 Å². The highest BCUT2D eigenvalue weighted by Crippen LogP contribution is 2.34. The summed E-state index contributed by atoms with van der Waals surface area (Å²) in [6.07, 6.45) is -2.79. The molecule has 10 heteroatoms. The number of hydrogen-bond donors (Lipinski definition) is 2. The van der Waals surface area contributed by atoms with Gasteiger partial charge in [-0.1, -0.05) is 6.07 Å². The van der Waals surface area contributed by atoms with Gasteiger partial charge in [-0.2, -0.15) is 18.3 Å². The highest BCUT2D eigenvalue weighted by Gasteiger charge is 2.33. The maximum atomic E-state index is 13.2. The SMILES string of the molecule is CN=C(NCc1ccc(OC)cc1C(F)(F)F)NCc1ccnn1C.I. The summed E-state index contributed by atoms with van der Waals surface area (Å²) >= 11 is 0. The van der Waals surface area contributed by atoms with Gasteiger partial charge in [0.1, 0.15) is 5.75 Å². The Kier molecular flexibility index (Phi) is 8.18. The molecule has 26 heavy (non-hydrogen) atoms. The standard InChI is InChI=1S/C16H20F3N5O.HI/c1-20-15(22-10-12-6-7-23-24(12)2)21-9-11-4-5-13(25-3)8-14(11)16(17,18)19;/h4-8H,9-10H2,1-3H3,(H2,20,21,22);1H. The number of halogens is 4. The van der Waals surface area contributed by atoms with E-state index in [1.54, 1.807) is 25.0 Å². The summed E-state index contributed by atoms with van der Waals surface area (Å²) in [5.41, 5.74) is 0.293. The second kappa shape index (κ2) is 9.64. The minimum atomic E-state index is -4.46. The third kappa shape index (κ3) is 5.78. The number of nitrogens with zero attached hydrogens (tertiary/aromatic N) is 3. The van der Waals surface area contributed by atoms with Crippen LogP contribution in [-0.4, -0.2) is 29.9 Å². The molecule has 0 unspecified atom stereocenters. The molecule has 2 aromatic rings. The normalized spacial score (nSPS) is 11.7. The van der Waals surface area contributed by atoms with Gasteiger partial charge in [0.25, 0.3) is 0 Å². The Morgan fingerprint density at radius 1 is 1.23 bits per heavy atom. The molecule has 0 spiro atoms. The predicted octanol–water partition coefficient (Wildman–Crippen LogP) is 2.93. The molecule has 0 saturated carbocycles. The number of alkyl halides is 3. The molecule has 0 atom stereocenters. The highest BCUT2D eigenvalue weighted by molar-refractivity contribution is 14.0. The molecule has 1 aromatic carbocycles. The molecular formula is C16H21F3IN5O. The van der Waals surface area contributed by atoms with Crippen molar-refractivity contribution in [2.24, 2.45) is 12.0 Å². The van der Waals surface area contributed by atoms with Gasteiger partial charge in [0.15, 0.2) is 5.96 Å². The lowest BCUT2D eigenvalue weighted by atomic mass is 10.1. The van der Waals surface area contributed by atoms with Crippen LogP contribution in [0.25, 0.3) is 0 Å². The molecule has 144 valence electrons. The van der Waals surface area contributed by atoms with E-state index in [0.29, 0.717) is 12.5 Å². The molecule has 1 heterocycles. The monoisotopic (exact) mass is 483 g/mol. The van der Waals surface area contributed by atoms with Gasteiger partial charge in [-0.05, 0) is 23.8 Å². The van der Waals surface area contributed by atoms with E-state index in [1.165, 1.54) is 19.2 Å². The largest absolute Gasteiger partial charge is 0.497 e. The summed E-state index contributed by atoms with van der Waals surface area (Å²) in [6.45, 7) is 0.425. The first-order valence-corrected chi connectivity index (χ1v) is 7.50. The minimum absolute atomic E-state index is 0. The van der Waals surface area contributed by atoms with E-state index in [2.05, 4.69) is 20.7 Å². The summed E-state index contributed by atoms with van der Waals surface area (Å²) in [6, 6.07) is 5.72. The topological polar surface area (TPSA) is 63.5 Å². The number of nitrogens with one attached hydrogen (secondary N) is 2. The van der Waals surface area contributed by atoms with Crippen LogP contribution in [0.5, 0.6) is 5.75 Å². The fourth-order valence-electron chi connectivity index (χ4n) is 2.25. The number of aliphatic imine (C=N–C) groups is 1. The number of aromatic nitrogens is 2. The van der Waals surface area contributed by atoms with Crippen LogP contribution in [0.1, 0.15) is 16.8 Å². The van der Waals surface area contributed by atoms with Crippen molar-refractivity contribution < 1.29 is 17.9 Å². The zero-order chi connectivity index (χ0) is 18.4. The van der Waals surface area contributed by atoms with Crippen LogP contribution >= 0.6 is 24.0 Å². The lowest BCUT2D eigenvalue weighted by Gasteiger charge is -2.16. The maximum absolute atomic E-state index is 13.2. The van der Waals surface area contributed by atoms with Crippen LogP contribution < -0.4 is 15.4 Å². The number of aryl methyl sites for hydroxylation is 1. The van der Waals surface area contributed by atoms with Gasteiger partial charge in [0.05, 0.1) is 24.9 Å². The van der Waals surface area contributed by atoms with Crippen molar-refractivity contribution in [1.29, 1.82) is 0 Å². The van der Waals surface area contributed by atoms with E-state index in [4.69, 9.17) is 4.74 Å². The van der Waals surface area contributed by atoms with Crippen molar-refractivity contribution >= 4 is 29.9 Å². The molecule has 0 fully saturated rings. The first-order valence-electron chi connectivity index (χ1n) is 7.50. The Morgan fingerprint density at radius 3 is 2.46 bits per heavy atom. The van der Waals surface area contributed by atoms with E-state index in [0.717, 1.165) is 11.8 Å². The Hall–Kier alpha value is -1.98. The second-order valence-electron chi connectivity index (χ2n) is 5.25. The highest BCUT2D eigenvalue weighted by atomic mass is 127. The van der Waals surface area contributed by atoms with E-state index in [-0.39, 0.29) is 41.8 Å². The second-order valence-corrected chi connectivity index (χ2v) is 5.25. The minimum Gasteiger partial charge on any atom is -0.497 e. The smallest absolute Gasteiger partial charge is 0.416 e. The van der Waals surface area contributed by atoms with Crippen molar-refractivity contribution in [2.45, 2.75) is 19.3 Å². The number of ether oxygens (including phenoxy) is 1. The van der Waals surface area contributed by atoms with Gasteiger partial charge in [0, 0.05) is 26.8 Å². The third-order valence-corrected chi connectivity index (χ3v) is 3.65. The molecule has 1 aromatic heterocycles. The molecular weight excluding hydrogens is 462 g/mol. The quantitative estimate of drug-likeness (QED) is 0.390. The van der Waals surface area contributed by atoms with Crippen molar-refractivity contribution in [3.05, 3.63) is 47.3 Å². The van der Waals surface area contributed by atoms with Gasteiger partial charge < -0.3 is 15.4 Å². The maximum Gasteiger partial charge on any atom is 0.416 e. The lowest BCUT2D eigenvalue weighted by molar-refractivity contribution is -0.138. The zero-order valence-corrected chi connectivity index (χ0v) is 16.9. The number of hydrogen-bond acceptors (Lipinski definition) is 3. The Labute approximate surface area is 166 Å². The van der Waals surface area contributed by atoms with Crippen LogP contribution in [0.15, 0.2) is 35.5 Å². The molecule has 0 aliphatic heterocycles. The van der Waals surface area contributed by atoms with Crippen molar-refractivity contribution in [1.82, 2.24) is 20.4 Å². The summed E-state index contributed by atoms with van der Waals surface area (Å²) < 4.78 is 46.2. The molecule has 0 aliphatic carbocycles. The number of methoxy groups -OCH3 is 1. The van der Waals surface area contributed by atoms with Crippen LogP contribution in [0, 0.1) is 0 Å². The molecule has 2 rings (SSSR count). The molecule has 6 nitrogen and oxygen atoms in total. The van der Waals surface area contributed by atoms with Crippen molar-refractivity contribution in [2.75, 3.05) is 14.2 Å². The van der Waals surface area contributed by atoms with Gasteiger partial charge in [-0.15, -0.1) is 24.0 Å². The van der Waals surface area contributed by atoms with E-state index in [1.807, 2.05) is 6.07 Å². The van der Waals surface area contributed by atoms with E-state index >= 15 is 0 Å². The zero-order valence-electron chi connectivity index (χ0n) is 14.6. The first-order chi connectivity index (χ1) is 11.8. The average molecular weight is 483 g/mol. The number of rotatable bonds is 5. The average Bonchev–Trinajstić information content (AvgIpc) is 2.99. The molecule has 0 saturated heterocycles. The van der Waals surface area contributed by atoms with Crippen LogP contribution in [0.2, 0.25) is 0 Å².